The largest absolute Gasteiger partial charge is 0.495 e. The molecule has 168 valence electrons. The van der Waals surface area contributed by atoms with Gasteiger partial charge in [-0.3, -0.25) is 0 Å². The quantitative estimate of drug-likeness (QED) is 0.431. The van der Waals surface area contributed by atoms with Crippen LogP contribution in [0.1, 0.15) is 28.6 Å². The lowest BCUT2D eigenvalue weighted by Gasteiger charge is -2.26. The minimum Gasteiger partial charge on any atom is -0.495 e. The smallest absolute Gasteiger partial charge is 0.416 e. The first-order chi connectivity index (χ1) is 15.8. The van der Waals surface area contributed by atoms with E-state index in [2.05, 4.69) is 16.0 Å². The fraction of sp³-hybridized carbons (Fsp3) is 0.217. The standard InChI is InChI=1S/C23H16F4N4O2/c1-32-20-12(10-28)5-6-16-13(20)9-17(29-16)18-11-31-7-8-33-21(22(31)30-18)19-14(23(25,26)27)3-2-4-15(19)24/h2-6,9,11,21,29H,7-8H2,1H3/t21-/m0/s1. The third-order valence-electron chi connectivity index (χ3n) is 5.63. The molecule has 10 heteroatoms. The highest BCUT2D eigenvalue weighted by atomic mass is 19.4. The second-order valence-electron chi connectivity index (χ2n) is 7.53. The van der Waals surface area contributed by atoms with Crippen LogP contribution in [-0.2, 0) is 17.5 Å². The molecule has 1 N–H and O–H groups in total. The first-order valence-electron chi connectivity index (χ1n) is 9.96. The minimum atomic E-state index is -4.75. The number of aromatic nitrogens is 3. The molecule has 0 saturated heterocycles. The van der Waals surface area contributed by atoms with Gasteiger partial charge in [0.1, 0.15) is 35.3 Å². The van der Waals surface area contributed by atoms with Gasteiger partial charge in [-0.05, 0) is 30.3 Å². The number of rotatable bonds is 3. The maximum absolute atomic E-state index is 14.6. The summed E-state index contributed by atoms with van der Waals surface area (Å²) >= 11 is 0. The van der Waals surface area contributed by atoms with Crippen molar-refractivity contribution in [3.63, 3.8) is 0 Å². The first kappa shape index (κ1) is 21.0. The average Bonchev–Trinajstić information content (AvgIpc) is 3.41. The van der Waals surface area contributed by atoms with Crippen molar-refractivity contribution in [3.05, 3.63) is 70.9 Å². The average molecular weight is 456 g/mol. The number of hydrogen-bond donors (Lipinski definition) is 1. The van der Waals surface area contributed by atoms with Crippen LogP contribution in [0.3, 0.4) is 0 Å². The summed E-state index contributed by atoms with van der Waals surface area (Å²) in [6.07, 6.45) is -4.37. The monoisotopic (exact) mass is 456 g/mol. The topological polar surface area (TPSA) is 75.9 Å². The number of alkyl halides is 3. The van der Waals surface area contributed by atoms with Crippen LogP contribution in [0, 0.1) is 17.1 Å². The highest BCUT2D eigenvalue weighted by molar-refractivity contribution is 5.92. The third-order valence-corrected chi connectivity index (χ3v) is 5.63. The summed E-state index contributed by atoms with van der Waals surface area (Å²) in [5, 5.41) is 9.97. The maximum atomic E-state index is 14.6. The van der Waals surface area contributed by atoms with E-state index in [0.717, 1.165) is 18.2 Å². The number of benzene rings is 2. The number of nitriles is 1. The summed E-state index contributed by atoms with van der Waals surface area (Å²) in [6.45, 7) is 0.460. The molecule has 0 saturated carbocycles. The van der Waals surface area contributed by atoms with Crippen molar-refractivity contribution >= 4 is 10.9 Å². The molecule has 0 spiro atoms. The molecule has 1 aliphatic heterocycles. The zero-order valence-electron chi connectivity index (χ0n) is 17.2. The van der Waals surface area contributed by atoms with Gasteiger partial charge in [0.25, 0.3) is 0 Å². The second kappa shape index (κ2) is 7.64. The fourth-order valence-corrected chi connectivity index (χ4v) is 4.18. The number of halogens is 4. The van der Waals surface area contributed by atoms with E-state index in [1.807, 2.05) is 0 Å². The van der Waals surface area contributed by atoms with Crippen molar-refractivity contribution in [3.8, 4) is 23.2 Å². The molecule has 6 nitrogen and oxygen atoms in total. The normalized spacial score (nSPS) is 15.9. The third kappa shape index (κ3) is 3.41. The molecule has 4 aromatic rings. The Morgan fingerprint density at radius 3 is 2.82 bits per heavy atom. The van der Waals surface area contributed by atoms with Gasteiger partial charge in [-0.1, -0.05) is 6.07 Å². The molecule has 2 aromatic heterocycles. The Balaban J connectivity index is 1.63. The van der Waals surface area contributed by atoms with E-state index in [0.29, 0.717) is 40.1 Å². The van der Waals surface area contributed by atoms with Crippen molar-refractivity contribution in [1.82, 2.24) is 14.5 Å². The summed E-state index contributed by atoms with van der Waals surface area (Å²) < 4.78 is 68.0. The van der Waals surface area contributed by atoms with Crippen molar-refractivity contribution in [2.45, 2.75) is 18.8 Å². The van der Waals surface area contributed by atoms with Gasteiger partial charge in [0.2, 0.25) is 0 Å². The van der Waals surface area contributed by atoms with Crippen LogP contribution < -0.4 is 4.74 Å². The molecular weight excluding hydrogens is 440 g/mol. The molecule has 0 fully saturated rings. The van der Waals surface area contributed by atoms with Gasteiger partial charge >= 0.3 is 6.18 Å². The fourth-order valence-electron chi connectivity index (χ4n) is 4.18. The zero-order valence-corrected chi connectivity index (χ0v) is 17.2. The number of fused-ring (bicyclic) bond motifs is 2. The van der Waals surface area contributed by atoms with Crippen molar-refractivity contribution in [2.24, 2.45) is 0 Å². The molecule has 0 bridgehead atoms. The summed E-state index contributed by atoms with van der Waals surface area (Å²) in [7, 11) is 1.46. The van der Waals surface area contributed by atoms with Crippen molar-refractivity contribution in [2.75, 3.05) is 13.7 Å². The van der Waals surface area contributed by atoms with Gasteiger partial charge in [0.05, 0.1) is 30.5 Å². The van der Waals surface area contributed by atoms with E-state index in [9.17, 15) is 22.8 Å². The van der Waals surface area contributed by atoms with E-state index >= 15 is 0 Å². The Hall–Kier alpha value is -3.84. The van der Waals surface area contributed by atoms with E-state index in [4.69, 9.17) is 9.47 Å². The van der Waals surface area contributed by atoms with Crippen molar-refractivity contribution in [1.29, 1.82) is 5.26 Å². The lowest BCUT2D eigenvalue weighted by atomic mass is 9.99. The van der Waals surface area contributed by atoms with Crippen LogP contribution >= 0.6 is 0 Å². The van der Waals surface area contributed by atoms with Gasteiger partial charge in [0.15, 0.2) is 0 Å². The highest BCUT2D eigenvalue weighted by Crippen LogP contribution is 2.41. The van der Waals surface area contributed by atoms with Gasteiger partial charge in [0, 0.05) is 29.2 Å². The summed E-state index contributed by atoms with van der Waals surface area (Å²) in [6, 6.07) is 10.0. The van der Waals surface area contributed by atoms with Crippen LogP contribution in [-0.4, -0.2) is 28.3 Å². The first-order valence-corrected chi connectivity index (χ1v) is 9.96. The summed E-state index contributed by atoms with van der Waals surface area (Å²) in [5.74, 6) is -0.425. The number of ether oxygens (including phenoxy) is 2. The molecule has 1 atom stereocenters. The van der Waals surface area contributed by atoms with Crippen LogP contribution in [0.5, 0.6) is 5.75 Å². The maximum Gasteiger partial charge on any atom is 0.416 e. The van der Waals surface area contributed by atoms with Crippen LogP contribution in [0.15, 0.2) is 42.6 Å². The van der Waals surface area contributed by atoms with E-state index < -0.39 is 29.2 Å². The molecule has 0 amide bonds. The molecule has 33 heavy (non-hydrogen) atoms. The SMILES string of the molecule is COc1c(C#N)ccc2[nH]c(-c3cn4c(n3)[C@H](c3c(F)cccc3C(F)(F)F)OCC4)cc12. The molecule has 0 radical (unpaired) electrons. The predicted octanol–water partition coefficient (Wildman–Crippen LogP) is 5.19. The number of nitrogens with one attached hydrogen (secondary N) is 1. The summed E-state index contributed by atoms with van der Waals surface area (Å²) in [5.41, 5.74) is 0.413. The molecule has 5 rings (SSSR count). The molecule has 0 aliphatic carbocycles. The van der Waals surface area contributed by atoms with Crippen molar-refractivity contribution < 1.29 is 27.0 Å². The molecular formula is C23H16F4N4O2. The van der Waals surface area contributed by atoms with Crippen LogP contribution in [0.2, 0.25) is 0 Å². The predicted molar refractivity (Wildman–Crippen MR) is 110 cm³/mol. The Morgan fingerprint density at radius 2 is 2.09 bits per heavy atom. The molecule has 1 aliphatic rings. The number of methoxy groups -OCH3 is 1. The number of nitrogens with zero attached hydrogens (tertiary/aromatic N) is 3. The Kier molecular flexibility index (Phi) is 4.87. The molecule has 0 unspecified atom stereocenters. The number of hydrogen-bond acceptors (Lipinski definition) is 4. The van der Waals surface area contributed by atoms with E-state index in [1.54, 1.807) is 29.0 Å². The lowest BCUT2D eigenvalue weighted by molar-refractivity contribution is -0.139. The lowest BCUT2D eigenvalue weighted by Crippen LogP contribution is -2.25. The molecule has 2 aromatic carbocycles. The van der Waals surface area contributed by atoms with Crippen LogP contribution in [0.25, 0.3) is 22.3 Å². The molecule has 3 heterocycles. The highest BCUT2D eigenvalue weighted by Gasteiger charge is 2.40. The Morgan fingerprint density at radius 1 is 1.27 bits per heavy atom. The number of imidazole rings is 1. The van der Waals surface area contributed by atoms with Gasteiger partial charge in [-0.25, -0.2) is 9.37 Å². The van der Waals surface area contributed by atoms with Gasteiger partial charge in [-0.2, -0.15) is 18.4 Å². The van der Waals surface area contributed by atoms with E-state index in [-0.39, 0.29) is 12.4 Å². The number of H-pyrrole nitrogens is 1. The summed E-state index contributed by atoms with van der Waals surface area (Å²) in [4.78, 5) is 7.69. The minimum absolute atomic E-state index is 0.102. The second-order valence-corrected chi connectivity index (χ2v) is 7.53. The van der Waals surface area contributed by atoms with Gasteiger partial charge in [-0.15, -0.1) is 0 Å². The van der Waals surface area contributed by atoms with Gasteiger partial charge < -0.3 is 19.0 Å². The van der Waals surface area contributed by atoms with Crippen LogP contribution in [0.4, 0.5) is 17.6 Å². The Labute approximate surface area is 185 Å². The zero-order chi connectivity index (χ0) is 23.3. The Bertz CT molecular complexity index is 1410. The number of aromatic amines is 1. The van der Waals surface area contributed by atoms with E-state index in [1.165, 1.54) is 7.11 Å².